The molecule has 1 amide bonds. The lowest BCUT2D eigenvalue weighted by molar-refractivity contribution is 0.0951. The number of pyridine rings is 1. The predicted octanol–water partition coefficient (Wildman–Crippen LogP) is 4.18. The van der Waals surface area contributed by atoms with Crippen LogP contribution >= 0.6 is 0 Å². The highest BCUT2D eigenvalue weighted by atomic mass is 32.2. The van der Waals surface area contributed by atoms with Gasteiger partial charge in [-0.05, 0) is 75.3 Å². The Hall–Kier alpha value is -2.77. The largest absolute Gasteiger partial charge is 0.348 e. The van der Waals surface area contributed by atoms with Gasteiger partial charge >= 0.3 is 0 Å². The van der Waals surface area contributed by atoms with Gasteiger partial charge in [-0.25, -0.2) is 13.1 Å². The molecule has 1 aliphatic rings. The SMILES string of the molecule is Cc1ccc2nc3c(c(C(=O)NCc4ccccc4CS(=O)(=O)NC(C)C)c2c1)CCCC3. The van der Waals surface area contributed by atoms with Gasteiger partial charge in [-0.15, -0.1) is 0 Å². The van der Waals surface area contributed by atoms with Crippen molar-refractivity contribution in [2.24, 2.45) is 0 Å². The van der Waals surface area contributed by atoms with E-state index in [1.165, 1.54) is 0 Å². The number of nitrogens with zero attached hydrogens (tertiary/aromatic N) is 1. The predicted molar refractivity (Wildman–Crippen MR) is 132 cm³/mol. The topological polar surface area (TPSA) is 88.2 Å². The van der Waals surface area contributed by atoms with Crippen molar-refractivity contribution in [2.75, 3.05) is 0 Å². The van der Waals surface area contributed by atoms with Gasteiger partial charge in [0.25, 0.3) is 5.91 Å². The van der Waals surface area contributed by atoms with E-state index in [1.54, 1.807) is 19.9 Å². The highest BCUT2D eigenvalue weighted by Crippen LogP contribution is 2.30. The van der Waals surface area contributed by atoms with E-state index in [2.05, 4.69) is 10.0 Å². The molecule has 0 saturated carbocycles. The number of carbonyl (C=O) groups excluding carboxylic acids is 1. The molecule has 1 heterocycles. The number of nitrogens with one attached hydrogen (secondary N) is 2. The quantitative estimate of drug-likeness (QED) is 0.548. The fourth-order valence-electron chi connectivity index (χ4n) is 4.54. The summed E-state index contributed by atoms with van der Waals surface area (Å²) in [5, 5.41) is 3.94. The summed E-state index contributed by atoms with van der Waals surface area (Å²) in [6.45, 7) is 5.87. The van der Waals surface area contributed by atoms with Crippen LogP contribution in [-0.2, 0) is 35.2 Å². The van der Waals surface area contributed by atoms with Crippen LogP contribution in [0, 0.1) is 6.92 Å². The van der Waals surface area contributed by atoms with Gasteiger partial charge in [-0.1, -0.05) is 35.9 Å². The Morgan fingerprint density at radius 1 is 1.06 bits per heavy atom. The molecule has 3 aromatic rings. The lowest BCUT2D eigenvalue weighted by Crippen LogP contribution is -2.32. The number of aryl methyl sites for hydroxylation is 2. The maximum atomic E-state index is 13.5. The first-order valence-corrected chi connectivity index (χ1v) is 13.2. The molecule has 0 spiro atoms. The van der Waals surface area contributed by atoms with E-state index in [4.69, 9.17) is 4.98 Å². The summed E-state index contributed by atoms with van der Waals surface area (Å²) in [6.07, 6.45) is 3.88. The van der Waals surface area contributed by atoms with Crippen LogP contribution < -0.4 is 10.0 Å². The Morgan fingerprint density at radius 2 is 1.79 bits per heavy atom. The standard InChI is InChI=1S/C26H31N3O3S/c1-17(2)29-33(31,32)16-20-9-5-4-8-19(20)15-27-26(30)25-21-10-6-7-11-23(21)28-24-13-12-18(3)14-22(24)25/h4-5,8-9,12-14,17,29H,6-7,10-11,15-16H2,1-3H3,(H,27,30). The summed E-state index contributed by atoms with van der Waals surface area (Å²) in [6, 6.07) is 13.2. The molecule has 0 radical (unpaired) electrons. The first kappa shape index (κ1) is 23.4. The minimum Gasteiger partial charge on any atom is -0.348 e. The summed E-state index contributed by atoms with van der Waals surface area (Å²) in [7, 11) is -3.46. The summed E-state index contributed by atoms with van der Waals surface area (Å²) in [4.78, 5) is 18.3. The van der Waals surface area contributed by atoms with E-state index in [0.717, 1.165) is 59.0 Å². The number of hydrogen-bond acceptors (Lipinski definition) is 4. The summed E-state index contributed by atoms with van der Waals surface area (Å²) in [5.74, 6) is -0.256. The molecule has 2 N–H and O–H groups in total. The molecule has 1 aliphatic carbocycles. The zero-order valence-corrected chi connectivity index (χ0v) is 20.3. The number of carbonyl (C=O) groups is 1. The number of sulfonamides is 1. The normalized spacial score (nSPS) is 13.8. The maximum Gasteiger partial charge on any atom is 0.252 e. The number of amides is 1. The average molecular weight is 466 g/mol. The highest BCUT2D eigenvalue weighted by molar-refractivity contribution is 7.88. The Balaban J connectivity index is 1.63. The van der Waals surface area contributed by atoms with Crippen molar-refractivity contribution in [3.8, 4) is 0 Å². The average Bonchev–Trinajstić information content (AvgIpc) is 2.75. The summed E-state index contributed by atoms with van der Waals surface area (Å²) >= 11 is 0. The molecular formula is C26H31N3O3S. The molecule has 0 fully saturated rings. The summed E-state index contributed by atoms with van der Waals surface area (Å²) in [5.41, 5.74) is 6.19. The third-order valence-electron chi connectivity index (χ3n) is 5.96. The highest BCUT2D eigenvalue weighted by Gasteiger charge is 2.23. The van der Waals surface area contributed by atoms with Crippen molar-refractivity contribution in [2.45, 2.75) is 64.8 Å². The Kier molecular flexibility index (Phi) is 6.81. The minimum atomic E-state index is -3.46. The van der Waals surface area contributed by atoms with Crippen LogP contribution in [0.2, 0.25) is 0 Å². The molecule has 6 nitrogen and oxygen atoms in total. The van der Waals surface area contributed by atoms with Crippen LogP contribution in [0.4, 0.5) is 0 Å². The van der Waals surface area contributed by atoms with Crippen LogP contribution in [0.1, 0.15) is 65.0 Å². The van der Waals surface area contributed by atoms with E-state index >= 15 is 0 Å². The third kappa shape index (κ3) is 5.42. The van der Waals surface area contributed by atoms with Crippen LogP contribution in [-0.4, -0.2) is 25.4 Å². The second-order valence-corrected chi connectivity index (χ2v) is 10.9. The van der Waals surface area contributed by atoms with Gasteiger partial charge in [0.2, 0.25) is 10.0 Å². The monoisotopic (exact) mass is 465 g/mol. The molecule has 0 aliphatic heterocycles. The minimum absolute atomic E-state index is 0.121. The fourth-order valence-corrected chi connectivity index (χ4v) is 6.03. The smallest absolute Gasteiger partial charge is 0.252 e. The van der Waals surface area contributed by atoms with Crippen molar-refractivity contribution in [3.05, 3.63) is 76.0 Å². The number of hydrogen-bond donors (Lipinski definition) is 2. The Morgan fingerprint density at radius 3 is 2.55 bits per heavy atom. The zero-order valence-electron chi connectivity index (χ0n) is 19.4. The van der Waals surface area contributed by atoms with E-state index < -0.39 is 10.0 Å². The fraction of sp³-hybridized carbons (Fsp3) is 0.385. The number of fused-ring (bicyclic) bond motifs is 2. The van der Waals surface area contributed by atoms with Crippen LogP contribution in [0.25, 0.3) is 10.9 Å². The van der Waals surface area contributed by atoms with Gasteiger partial charge in [-0.3, -0.25) is 9.78 Å². The summed E-state index contributed by atoms with van der Waals surface area (Å²) < 4.78 is 27.5. The molecule has 33 heavy (non-hydrogen) atoms. The molecule has 2 aromatic carbocycles. The first-order valence-electron chi connectivity index (χ1n) is 11.5. The van der Waals surface area contributed by atoms with Gasteiger partial charge in [0.05, 0.1) is 16.8 Å². The molecular weight excluding hydrogens is 434 g/mol. The van der Waals surface area contributed by atoms with Crippen molar-refractivity contribution < 1.29 is 13.2 Å². The second kappa shape index (κ2) is 9.61. The van der Waals surface area contributed by atoms with Crippen LogP contribution in [0.15, 0.2) is 42.5 Å². The van der Waals surface area contributed by atoms with E-state index in [0.29, 0.717) is 11.1 Å². The maximum absolute atomic E-state index is 13.5. The second-order valence-electron chi connectivity index (χ2n) is 9.12. The van der Waals surface area contributed by atoms with Gasteiger partial charge in [0.1, 0.15) is 0 Å². The molecule has 0 unspecified atom stereocenters. The third-order valence-corrected chi connectivity index (χ3v) is 7.48. The van der Waals surface area contributed by atoms with Gasteiger partial charge < -0.3 is 5.32 Å². The van der Waals surface area contributed by atoms with E-state index in [-0.39, 0.29) is 24.2 Å². The molecule has 174 valence electrons. The van der Waals surface area contributed by atoms with Crippen molar-refractivity contribution in [1.82, 2.24) is 15.0 Å². The zero-order chi connectivity index (χ0) is 23.6. The lowest BCUT2D eigenvalue weighted by Gasteiger charge is -2.21. The molecule has 0 bridgehead atoms. The van der Waals surface area contributed by atoms with Crippen LogP contribution in [0.3, 0.4) is 0 Å². The Bertz CT molecular complexity index is 1300. The van der Waals surface area contributed by atoms with Crippen molar-refractivity contribution >= 4 is 26.8 Å². The van der Waals surface area contributed by atoms with Gasteiger partial charge in [-0.2, -0.15) is 0 Å². The molecule has 1 aromatic heterocycles. The lowest BCUT2D eigenvalue weighted by atomic mass is 9.89. The van der Waals surface area contributed by atoms with Gasteiger partial charge in [0, 0.05) is 23.7 Å². The molecule has 4 rings (SSSR count). The Labute approximate surface area is 195 Å². The molecule has 7 heteroatoms. The first-order chi connectivity index (χ1) is 15.7. The number of rotatable bonds is 7. The van der Waals surface area contributed by atoms with E-state index in [9.17, 15) is 13.2 Å². The number of benzene rings is 2. The van der Waals surface area contributed by atoms with E-state index in [1.807, 2.05) is 43.3 Å². The molecule has 0 saturated heterocycles. The van der Waals surface area contributed by atoms with Crippen LogP contribution in [0.5, 0.6) is 0 Å². The van der Waals surface area contributed by atoms with Crippen molar-refractivity contribution in [1.29, 1.82) is 0 Å². The number of aromatic nitrogens is 1. The van der Waals surface area contributed by atoms with Gasteiger partial charge in [0.15, 0.2) is 0 Å². The van der Waals surface area contributed by atoms with Crippen molar-refractivity contribution in [3.63, 3.8) is 0 Å². The molecule has 0 atom stereocenters.